The lowest BCUT2D eigenvalue weighted by Gasteiger charge is -2.13. The lowest BCUT2D eigenvalue weighted by molar-refractivity contribution is 0.0476. The van der Waals surface area contributed by atoms with Crippen LogP contribution in [0.4, 0.5) is 0 Å². The Balaban J connectivity index is 1.32. The highest BCUT2D eigenvalue weighted by molar-refractivity contribution is 7.13. The topological polar surface area (TPSA) is 92.4 Å². The van der Waals surface area contributed by atoms with Gasteiger partial charge in [-0.2, -0.15) is 0 Å². The predicted molar refractivity (Wildman–Crippen MR) is 126 cm³/mol. The molecule has 166 valence electrons. The van der Waals surface area contributed by atoms with Crippen LogP contribution < -0.4 is 0 Å². The van der Waals surface area contributed by atoms with Crippen molar-refractivity contribution in [1.82, 2.24) is 14.9 Å². The number of amides is 1. The van der Waals surface area contributed by atoms with Gasteiger partial charge in [-0.15, -0.1) is 11.3 Å². The third kappa shape index (κ3) is 4.29. The van der Waals surface area contributed by atoms with E-state index in [1.54, 1.807) is 17.0 Å². The summed E-state index contributed by atoms with van der Waals surface area (Å²) in [5, 5.41) is 2.61. The Bertz CT molecular complexity index is 1340. The molecular formula is C25H21N3O4S. The van der Waals surface area contributed by atoms with Crippen LogP contribution in [0.1, 0.15) is 44.0 Å². The normalized spacial score (nSPS) is 13.4. The van der Waals surface area contributed by atoms with E-state index < -0.39 is 12.6 Å². The van der Waals surface area contributed by atoms with Crippen LogP contribution in [-0.4, -0.2) is 52.2 Å². The van der Waals surface area contributed by atoms with Crippen molar-refractivity contribution in [3.05, 3.63) is 76.9 Å². The van der Waals surface area contributed by atoms with Crippen molar-refractivity contribution >= 4 is 39.9 Å². The molecule has 1 saturated heterocycles. The van der Waals surface area contributed by atoms with Crippen molar-refractivity contribution in [3.8, 4) is 10.6 Å². The molecule has 1 aromatic carbocycles. The van der Waals surface area contributed by atoms with Gasteiger partial charge in [0.25, 0.3) is 5.91 Å². The summed E-state index contributed by atoms with van der Waals surface area (Å²) in [5.74, 6) is -1.09. The van der Waals surface area contributed by atoms with E-state index in [9.17, 15) is 14.4 Å². The number of benzene rings is 1. The quantitative estimate of drug-likeness (QED) is 0.337. The number of para-hydroxylation sites is 1. The van der Waals surface area contributed by atoms with E-state index >= 15 is 0 Å². The van der Waals surface area contributed by atoms with Gasteiger partial charge in [0, 0.05) is 30.2 Å². The fourth-order valence-electron chi connectivity index (χ4n) is 3.96. The summed E-state index contributed by atoms with van der Waals surface area (Å²) in [6.07, 6.45) is 3.47. The summed E-state index contributed by atoms with van der Waals surface area (Å²) >= 11 is 1.53. The van der Waals surface area contributed by atoms with Gasteiger partial charge in [-0.25, -0.2) is 9.78 Å². The second-order valence-electron chi connectivity index (χ2n) is 7.85. The molecule has 3 aromatic heterocycles. The summed E-state index contributed by atoms with van der Waals surface area (Å²) in [4.78, 5) is 48.3. The van der Waals surface area contributed by atoms with Gasteiger partial charge in [0.15, 0.2) is 6.61 Å². The third-order valence-corrected chi connectivity index (χ3v) is 6.57. The number of Topliss-reactive ketones (excluding diaryl/α,β-unsaturated/α-hetero) is 1. The molecule has 1 fully saturated rings. The smallest absolute Gasteiger partial charge is 0.339 e. The molecule has 1 aliphatic heterocycles. The molecule has 0 bridgehead atoms. The van der Waals surface area contributed by atoms with Crippen LogP contribution in [0.5, 0.6) is 0 Å². The number of thiophene rings is 1. The van der Waals surface area contributed by atoms with Crippen LogP contribution >= 0.6 is 11.3 Å². The predicted octanol–water partition coefficient (Wildman–Crippen LogP) is 4.57. The average Bonchev–Trinajstić information content (AvgIpc) is 3.63. The first-order valence-corrected chi connectivity index (χ1v) is 11.6. The van der Waals surface area contributed by atoms with Crippen molar-refractivity contribution in [2.75, 3.05) is 19.7 Å². The lowest BCUT2D eigenvalue weighted by atomic mass is 10.1. The average molecular weight is 460 g/mol. The molecule has 0 aliphatic carbocycles. The minimum absolute atomic E-state index is 0.118. The van der Waals surface area contributed by atoms with Crippen LogP contribution in [0, 0.1) is 0 Å². The van der Waals surface area contributed by atoms with Crippen molar-refractivity contribution in [2.45, 2.75) is 12.8 Å². The second kappa shape index (κ2) is 8.99. The fourth-order valence-corrected chi connectivity index (χ4v) is 4.64. The first-order valence-electron chi connectivity index (χ1n) is 10.7. The number of nitrogens with one attached hydrogen (secondary N) is 1. The molecule has 0 unspecified atom stereocenters. The molecule has 0 atom stereocenters. The number of fused-ring (bicyclic) bond motifs is 1. The van der Waals surface area contributed by atoms with Crippen LogP contribution in [0.3, 0.4) is 0 Å². The number of H-pyrrole nitrogens is 1. The SMILES string of the molecule is O=C(COC(=O)c1cc(-c2cccs2)nc2ccccc12)c1c[nH]c(C(=O)N2CCCC2)c1. The van der Waals surface area contributed by atoms with Crippen molar-refractivity contribution in [3.63, 3.8) is 0 Å². The minimum Gasteiger partial charge on any atom is -0.454 e. The van der Waals surface area contributed by atoms with Gasteiger partial charge in [-0.3, -0.25) is 9.59 Å². The standard InChI is InChI=1S/C25H21N3O4S/c29-22(16-12-21(26-14-16)24(30)28-9-3-4-10-28)15-32-25(31)18-13-20(23-8-5-11-33-23)27-19-7-2-1-6-17(18)19/h1-2,5-8,11-14,26H,3-4,9-10,15H2. The number of nitrogens with zero attached hydrogens (tertiary/aromatic N) is 2. The molecule has 0 spiro atoms. The molecule has 7 nitrogen and oxygen atoms in total. The molecule has 33 heavy (non-hydrogen) atoms. The highest BCUT2D eigenvalue weighted by atomic mass is 32.1. The number of ether oxygens (including phenoxy) is 1. The summed E-state index contributed by atoms with van der Waals surface area (Å²) in [7, 11) is 0. The van der Waals surface area contributed by atoms with E-state index in [-0.39, 0.29) is 11.7 Å². The minimum atomic E-state index is -0.594. The van der Waals surface area contributed by atoms with E-state index in [0.717, 1.165) is 30.8 Å². The Morgan fingerprint density at radius 3 is 2.67 bits per heavy atom. The van der Waals surface area contributed by atoms with Gasteiger partial charge in [-0.05, 0) is 42.5 Å². The summed E-state index contributed by atoms with van der Waals surface area (Å²) in [6, 6.07) is 14.4. The monoisotopic (exact) mass is 459 g/mol. The number of aromatic amines is 1. The van der Waals surface area contributed by atoms with Crippen molar-refractivity contribution in [1.29, 1.82) is 0 Å². The Morgan fingerprint density at radius 2 is 1.88 bits per heavy atom. The summed E-state index contributed by atoms with van der Waals surface area (Å²) in [5.41, 5.74) is 2.39. The Morgan fingerprint density at radius 1 is 1.06 bits per heavy atom. The largest absolute Gasteiger partial charge is 0.454 e. The van der Waals surface area contributed by atoms with Crippen LogP contribution in [-0.2, 0) is 4.74 Å². The van der Waals surface area contributed by atoms with Crippen LogP contribution in [0.2, 0.25) is 0 Å². The van der Waals surface area contributed by atoms with E-state index in [4.69, 9.17) is 4.74 Å². The molecule has 1 amide bonds. The maximum atomic E-state index is 12.9. The lowest BCUT2D eigenvalue weighted by Crippen LogP contribution is -2.27. The zero-order valence-corrected chi connectivity index (χ0v) is 18.6. The van der Waals surface area contributed by atoms with Crippen LogP contribution in [0.15, 0.2) is 60.1 Å². The van der Waals surface area contributed by atoms with E-state index in [2.05, 4.69) is 9.97 Å². The van der Waals surface area contributed by atoms with Crippen molar-refractivity contribution in [2.24, 2.45) is 0 Å². The van der Waals surface area contributed by atoms with Crippen LogP contribution in [0.25, 0.3) is 21.5 Å². The van der Waals surface area contributed by atoms with Gasteiger partial charge in [0.05, 0.1) is 21.7 Å². The third-order valence-electron chi connectivity index (χ3n) is 5.67. The number of hydrogen-bond acceptors (Lipinski definition) is 6. The molecule has 1 aliphatic rings. The fraction of sp³-hybridized carbons (Fsp3) is 0.200. The number of likely N-dealkylation sites (tertiary alicyclic amines) is 1. The van der Waals surface area contributed by atoms with Gasteiger partial charge in [0.1, 0.15) is 5.69 Å². The maximum Gasteiger partial charge on any atom is 0.339 e. The first kappa shape index (κ1) is 21.1. The molecule has 1 N–H and O–H groups in total. The molecule has 0 radical (unpaired) electrons. The van der Waals surface area contributed by atoms with E-state index in [1.165, 1.54) is 23.6 Å². The number of carbonyl (C=O) groups excluding carboxylic acids is 3. The Kier molecular flexibility index (Phi) is 5.75. The molecule has 8 heteroatoms. The summed E-state index contributed by atoms with van der Waals surface area (Å²) in [6.45, 7) is 1.04. The van der Waals surface area contributed by atoms with Gasteiger partial charge >= 0.3 is 5.97 Å². The van der Waals surface area contributed by atoms with E-state index in [1.807, 2.05) is 35.7 Å². The zero-order valence-electron chi connectivity index (χ0n) is 17.7. The van der Waals surface area contributed by atoms with Gasteiger partial charge in [0.2, 0.25) is 5.78 Å². The molecular weight excluding hydrogens is 438 g/mol. The second-order valence-corrected chi connectivity index (χ2v) is 8.80. The number of aromatic nitrogens is 2. The Labute approximate surface area is 194 Å². The number of hydrogen-bond donors (Lipinski definition) is 1. The number of carbonyl (C=O) groups is 3. The van der Waals surface area contributed by atoms with Gasteiger partial charge in [-0.1, -0.05) is 24.3 Å². The number of pyridine rings is 1. The molecule has 4 aromatic rings. The number of rotatable bonds is 6. The number of esters is 1. The first-order chi connectivity index (χ1) is 16.1. The zero-order chi connectivity index (χ0) is 22.8. The molecule has 5 rings (SSSR count). The summed E-state index contributed by atoms with van der Waals surface area (Å²) < 4.78 is 5.37. The van der Waals surface area contributed by atoms with Gasteiger partial charge < -0.3 is 14.6 Å². The highest BCUT2D eigenvalue weighted by Gasteiger charge is 2.22. The number of ketones is 1. The highest BCUT2D eigenvalue weighted by Crippen LogP contribution is 2.28. The van der Waals surface area contributed by atoms with Crippen molar-refractivity contribution < 1.29 is 19.1 Å². The van der Waals surface area contributed by atoms with E-state index in [0.29, 0.717) is 33.4 Å². The molecule has 4 heterocycles. The Hall–Kier alpha value is -3.78. The maximum absolute atomic E-state index is 12.9. The molecule has 0 saturated carbocycles.